The Hall–Kier alpha value is -2.37. The van der Waals surface area contributed by atoms with E-state index in [-0.39, 0.29) is 30.2 Å². The molecule has 11 heteroatoms. The van der Waals surface area contributed by atoms with E-state index in [1.54, 1.807) is 25.1 Å². The fraction of sp³-hybridized carbons (Fsp3) is 0.500. The molecule has 3 atom stereocenters. The van der Waals surface area contributed by atoms with E-state index in [2.05, 4.69) is 14.7 Å². The largest absolute Gasteiger partial charge is 0.491 e. The van der Waals surface area contributed by atoms with Gasteiger partial charge in [0.25, 0.3) is 5.92 Å². The number of halogens is 2. The Bertz CT molecular complexity index is 1260. The molecule has 0 radical (unpaired) electrons. The van der Waals surface area contributed by atoms with Crippen LogP contribution in [0.2, 0.25) is 0 Å². The van der Waals surface area contributed by atoms with Gasteiger partial charge in [0.05, 0.1) is 32.9 Å². The molecule has 0 amide bonds. The number of nitrogens with one attached hydrogen (secondary N) is 1. The SMILES string of the molecule is [2H]C1([2H])[C@@H](O)[C@H](C)N1c1nc(-c2ccc3c(c2)OC[C@@H]3NS(C)(=O)=O)c2c(n1)C(F)(F)CC2. The van der Waals surface area contributed by atoms with E-state index >= 15 is 0 Å². The van der Waals surface area contributed by atoms with Gasteiger partial charge in [-0.1, -0.05) is 12.1 Å². The Morgan fingerprint density at radius 2 is 2.16 bits per heavy atom. The van der Waals surface area contributed by atoms with Crippen LogP contribution in [0.3, 0.4) is 0 Å². The minimum atomic E-state index is -3.46. The summed E-state index contributed by atoms with van der Waals surface area (Å²) in [4.78, 5) is 9.58. The van der Waals surface area contributed by atoms with Crippen molar-refractivity contribution in [2.45, 2.75) is 43.9 Å². The van der Waals surface area contributed by atoms with E-state index in [4.69, 9.17) is 7.48 Å². The van der Waals surface area contributed by atoms with Crippen molar-refractivity contribution in [1.29, 1.82) is 0 Å². The maximum absolute atomic E-state index is 14.7. The van der Waals surface area contributed by atoms with Crippen LogP contribution in [-0.2, 0) is 22.4 Å². The van der Waals surface area contributed by atoms with E-state index in [0.717, 1.165) is 11.2 Å². The number of β-amino-alcohol motifs (C(OH)–C–C–N with tert-alkyl or cyclic N) is 1. The topological polar surface area (TPSA) is 105 Å². The van der Waals surface area contributed by atoms with Gasteiger partial charge in [0.15, 0.2) is 0 Å². The summed E-state index contributed by atoms with van der Waals surface area (Å²) in [7, 11) is -3.46. The summed E-state index contributed by atoms with van der Waals surface area (Å²) < 4.78 is 76.8. The molecule has 166 valence electrons. The van der Waals surface area contributed by atoms with Crippen LogP contribution in [0.15, 0.2) is 18.2 Å². The van der Waals surface area contributed by atoms with Gasteiger partial charge in [0, 0.05) is 29.6 Å². The molecule has 3 heterocycles. The summed E-state index contributed by atoms with van der Waals surface area (Å²) in [5.41, 5.74) is 1.17. The fourth-order valence-corrected chi connectivity index (χ4v) is 4.85. The first-order valence-corrected chi connectivity index (χ1v) is 11.7. The highest BCUT2D eigenvalue weighted by atomic mass is 32.2. The molecule has 3 aliphatic rings. The number of aromatic nitrogens is 2. The molecule has 1 aromatic carbocycles. The number of sulfonamides is 1. The molecule has 0 bridgehead atoms. The molecule has 0 saturated carbocycles. The first-order chi connectivity index (χ1) is 15.3. The van der Waals surface area contributed by atoms with E-state index < -0.39 is 52.7 Å². The lowest BCUT2D eigenvalue weighted by atomic mass is 10.0. The number of alkyl halides is 2. The van der Waals surface area contributed by atoms with E-state index in [1.165, 1.54) is 0 Å². The maximum atomic E-state index is 14.7. The first-order valence-electron chi connectivity index (χ1n) is 10.8. The van der Waals surface area contributed by atoms with Gasteiger partial charge < -0.3 is 14.7 Å². The lowest BCUT2D eigenvalue weighted by molar-refractivity contribution is -0.00603. The molecule has 1 saturated heterocycles. The van der Waals surface area contributed by atoms with Crippen molar-refractivity contribution in [3.63, 3.8) is 0 Å². The molecule has 0 unspecified atom stereocenters. The highest BCUT2D eigenvalue weighted by Crippen LogP contribution is 2.46. The quantitative estimate of drug-likeness (QED) is 0.725. The summed E-state index contributed by atoms with van der Waals surface area (Å²) in [6.07, 6.45) is -0.622. The van der Waals surface area contributed by atoms with Crippen LogP contribution in [0, 0.1) is 0 Å². The molecule has 31 heavy (non-hydrogen) atoms. The van der Waals surface area contributed by atoms with Gasteiger partial charge in [0.1, 0.15) is 18.1 Å². The Kier molecular flexibility index (Phi) is 4.01. The summed E-state index contributed by atoms with van der Waals surface area (Å²) >= 11 is 0. The maximum Gasteiger partial charge on any atom is 0.290 e. The van der Waals surface area contributed by atoms with Crippen LogP contribution in [0.1, 0.15) is 38.9 Å². The molecule has 8 nitrogen and oxygen atoms in total. The number of hydrogen-bond donors (Lipinski definition) is 2. The molecule has 2 N–H and O–H groups in total. The predicted molar refractivity (Wildman–Crippen MR) is 109 cm³/mol. The zero-order chi connectivity index (χ0) is 23.9. The van der Waals surface area contributed by atoms with Crippen molar-refractivity contribution in [3.05, 3.63) is 35.0 Å². The van der Waals surface area contributed by atoms with Gasteiger partial charge in [-0.05, 0) is 19.4 Å². The smallest absolute Gasteiger partial charge is 0.290 e. The molecule has 2 aliphatic heterocycles. The van der Waals surface area contributed by atoms with Crippen molar-refractivity contribution in [3.8, 4) is 17.0 Å². The van der Waals surface area contributed by atoms with Gasteiger partial charge in [-0.3, -0.25) is 0 Å². The van der Waals surface area contributed by atoms with Crippen molar-refractivity contribution >= 4 is 16.0 Å². The average Bonchev–Trinajstić information content (AvgIpc) is 3.26. The number of rotatable bonds is 4. The number of fused-ring (bicyclic) bond motifs is 2. The standard InChI is InChI=1S/C20H22F2N4O4S/c1-10-15(27)8-26(10)19-23-17(13-5-6-20(21,22)18(13)24-19)11-3-4-12-14(25-31(2,28)29)9-30-16(12)7-11/h3-4,7,10,14-15,25,27H,5-6,8-9H2,1-2H3/t10-,14-,15+/m0/s1/i8D2. The Balaban J connectivity index is 1.60. The van der Waals surface area contributed by atoms with Gasteiger partial charge in [-0.15, -0.1) is 0 Å². The highest BCUT2D eigenvalue weighted by Gasteiger charge is 2.45. The minimum Gasteiger partial charge on any atom is -0.491 e. The molecular weight excluding hydrogens is 430 g/mol. The predicted octanol–water partition coefficient (Wildman–Crippen LogP) is 1.73. The monoisotopic (exact) mass is 454 g/mol. The van der Waals surface area contributed by atoms with Crippen molar-refractivity contribution < 1.29 is 29.8 Å². The second-order valence-corrected chi connectivity index (χ2v) is 9.87. The van der Waals surface area contributed by atoms with Crippen molar-refractivity contribution in [2.75, 3.05) is 24.3 Å². The Labute approximate surface area is 181 Å². The third-order valence-corrected chi connectivity index (χ3v) is 6.52. The normalized spacial score (nSPS) is 28.8. The molecule has 1 fully saturated rings. The second kappa shape index (κ2) is 6.81. The molecule has 1 aromatic heterocycles. The number of aliphatic hydroxyl groups is 1. The second-order valence-electron chi connectivity index (χ2n) is 8.09. The molecular formula is C20H22F2N4O4S. The van der Waals surface area contributed by atoms with Gasteiger partial charge in [-0.25, -0.2) is 23.1 Å². The zero-order valence-electron chi connectivity index (χ0n) is 18.8. The number of nitrogens with zero attached hydrogens (tertiary/aromatic N) is 3. The van der Waals surface area contributed by atoms with Crippen LogP contribution in [0.5, 0.6) is 5.75 Å². The van der Waals surface area contributed by atoms with Gasteiger partial charge >= 0.3 is 0 Å². The van der Waals surface area contributed by atoms with Crippen LogP contribution in [-0.4, -0.2) is 55.0 Å². The van der Waals surface area contributed by atoms with E-state index in [0.29, 0.717) is 16.9 Å². The number of ether oxygens (including phenoxy) is 1. The molecule has 5 rings (SSSR count). The number of anilines is 1. The summed E-state index contributed by atoms with van der Waals surface area (Å²) in [5.74, 6) is -2.99. The number of benzene rings is 1. The van der Waals surface area contributed by atoms with Crippen LogP contribution in [0.4, 0.5) is 14.7 Å². The van der Waals surface area contributed by atoms with Gasteiger partial charge in [-0.2, -0.15) is 8.78 Å². The number of hydrogen-bond acceptors (Lipinski definition) is 7. The van der Waals surface area contributed by atoms with Gasteiger partial charge in [0.2, 0.25) is 16.0 Å². The van der Waals surface area contributed by atoms with E-state index in [1.807, 2.05) is 0 Å². The molecule has 1 aliphatic carbocycles. The van der Waals surface area contributed by atoms with Crippen LogP contribution >= 0.6 is 0 Å². The molecule has 0 spiro atoms. The summed E-state index contributed by atoms with van der Waals surface area (Å²) in [6.45, 7) is -0.524. The summed E-state index contributed by atoms with van der Waals surface area (Å²) in [6, 6.07) is 3.68. The zero-order valence-corrected chi connectivity index (χ0v) is 17.6. The lowest BCUT2D eigenvalue weighted by Gasteiger charge is -2.43. The van der Waals surface area contributed by atoms with Crippen LogP contribution in [0.25, 0.3) is 11.3 Å². The summed E-state index contributed by atoms with van der Waals surface area (Å²) in [5, 5.41) is 9.98. The third kappa shape index (κ3) is 3.44. The van der Waals surface area contributed by atoms with E-state index in [9.17, 15) is 22.3 Å². The fourth-order valence-electron chi connectivity index (χ4n) is 4.14. The van der Waals surface area contributed by atoms with Crippen molar-refractivity contribution in [1.82, 2.24) is 14.7 Å². The molecule has 2 aromatic rings. The Morgan fingerprint density at radius 1 is 1.39 bits per heavy atom. The van der Waals surface area contributed by atoms with Crippen molar-refractivity contribution in [2.24, 2.45) is 0 Å². The first kappa shape index (κ1) is 18.2. The average molecular weight is 454 g/mol. The number of aliphatic hydroxyl groups excluding tert-OH is 1. The minimum absolute atomic E-state index is 0.0548. The highest BCUT2D eigenvalue weighted by molar-refractivity contribution is 7.88. The lowest BCUT2D eigenvalue weighted by Crippen LogP contribution is -2.59. The van der Waals surface area contributed by atoms with Crippen LogP contribution < -0.4 is 14.4 Å². The Morgan fingerprint density at radius 3 is 2.87 bits per heavy atom. The third-order valence-electron chi connectivity index (χ3n) is 5.81.